The van der Waals surface area contributed by atoms with Crippen LogP contribution in [-0.4, -0.2) is 25.6 Å². The molecule has 4 rings (SSSR count). The molecule has 2 aromatic heterocycles. The maximum absolute atomic E-state index is 12.2. The lowest BCUT2D eigenvalue weighted by Gasteiger charge is -2.08. The van der Waals surface area contributed by atoms with Crippen molar-refractivity contribution < 1.29 is 4.42 Å². The molecule has 9 heteroatoms. The zero-order chi connectivity index (χ0) is 18.6. The van der Waals surface area contributed by atoms with E-state index in [2.05, 4.69) is 30.9 Å². The number of H-pyrrole nitrogens is 1. The fraction of sp³-hybridized carbons (Fsp3) is 0. The average molecular weight is 357 g/mol. The van der Waals surface area contributed by atoms with Gasteiger partial charge >= 0.3 is 5.63 Å². The summed E-state index contributed by atoms with van der Waals surface area (Å²) >= 11 is 0. The molecular weight excluding hydrogens is 346 g/mol. The smallest absolute Gasteiger partial charge is 0.347 e. The Morgan fingerprint density at radius 1 is 1.19 bits per heavy atom. The van der Waals surface area contributed by atoms with Crippen molar-refractivity contribution in [2.45, 2.75) is 0 Å². The third kappa shape index (κ3) is 3.14. The summed E-state index contributed by atoms with van der Waals surface area (Å²) in [6, 6.07) is 16.1. The lowest BCUT2D eigenvalue weighted by molar-refractivity contribution is 0.518. The topological polar surface area (TPSA) is 133 Å². The first-order chi connectivity index (χ1) is 13.3. The Balaban J connectivity index is 1.76. The van der Waals surface area contributed by atoms with Crippen LogP contribution < -0.4 is 10.9 Å². The second kappa shape index (κ2) is 6.89. The molecule has 0 saturated heterocycles. The Morgan fingerprint density at radius 3 is 2.81 bits per heavy atom. The minimum absolute atomic E-state index is 0.165. The summed E-state index contributed by atoms with van der Waals surface area (Å²) in [7, 11) is 0. The summed E-state index contributed by atoms with van der Waals surface area (Å²) in [6.45, 7) is 0. The van der Waals surface area contributed by atoms with Gasteiger partial charge in [0, 0.05) is 6.20 Å². The minimum Gasteiger partial charge on any atom is -0.403 e. The largest absolute Gasteiger partial charge is 0.403 e. The van der Waals surface area contributed by atoms with Crippen molar-refractivity contribution in [2.75, 3.05) is 5.32 Å². The van der Waals surface area contributed by atoms with Gasteiger partial charge in [-0.2, -0.15) is 10.5 Å². The Bertz CT molecular complexity index is 1240. The molecule has 4 aromatic rings. The number of aromatic nitrogens is 5. The van der Waals surface area contributed by atoms with Crippen molar-refractivity contribution in [1.82, 2.24) is 25.6 Å². The standard InChI is InChI=1S/C18H11N7O2/c19-9-11(16-22-24-25-23-16)10-20-14-7-3-1-5-12(14)17-21-15-8-4-2-6-13(15)18(26)27-17/h1-8,10,20H,(H,22,23,24,25). The summed E-state index contributed by atoms with van der Waals surface area (Å²) in [4.78, 5) is 16.7. The van der Waals surface area contributed by atoms with Gasteiger partial charge in [-0.1, -0.05) is 24.3 Å². The molecule has 130 valence electrons. The molecule has 0 aliphatic heterocycles. The van der Waals surface area contributed by atoms with E-state index in [9.17, 15) is 10.1 Å². The van der Waals surface area contributed by atoms with Gasteiger partial charge in [0.1, 0.15) is 11.6 Å². The first-order valence-corrected chi connectivity index (χ1v) is 7.86. The van der Waals surface area contributed by atoms with Gasteiger partial charge in [0.05, 0.1) is 22.2 Å². The summed E-state index contributed by atoms with van der Waals surface area (Å²) in [5, 5.41) is 26.0. The van der Waals surface area contributed by atoms with Crippen LogP contribution in [0.2, 0.25) is 0 Å². The number of benzene rings is 2. The van der Waals surface area contributed by atoms with Crippen molar-refractivity contribution in [1.29, 1.82) is 5.26 Å². The van der Waals surface area contributed by atoms with Gasteiger partial charge < -0.3 is 9.73 Å². The van der Waals surface area contributed by atoms with Gasteiger partial charge in [-0.3, -0.25) is 0 Å². The summed E-state index contributed by atoms with van der Waals surface area (Å²) in [6.07, 6.45) is 1.45. The highest BCUT2D eigenvalue weighted by Gasteiger charge is 2.12. The normalized spacial score (nSPS) is 11.3. The van der Waals surface area contributed by atoms with Crippen molar-refractivity contribution >= 4 is 22.2 Å². The molecule has 0 unspecified atom stereocenters. The van der Waals surface area contributed by atoms with Crippen LogP contribution in [0, 0.1) is 11.3 Å². The highest BCUT2D eigenvalue weighted by molar-refractivity contribution is 5.82. The Morgan fingerprint density at radius 2 is 2.00 bits per heavy atom. The maximum Gasteiger partial charge on any atom is 0.347 e. The monoisotopic (exact) mass is 357 g/mol. The Hall–Kier alpha value is -4.32. The number of aromatic amines is 1. The molecule has 0 amide bonds. The number of nitriles is 1. The van der Waals surface area contributed by atoms with Crippen molar-refractivity contribution in [3.63, 3.8) is 0 Å². The number of hydrogen-bond acceptors (Lipinski definition) is 8. The Kier molecular flexibility index (Phi) is 4.13. The maximum atomic E-state index is 12.2. The molecule has 0 saturated carbocycles. The van der Waals surface area contributed by atoms with Crippen molar-refractivity contribution in [2.24, 2.45) is 0 Å². The highest BCUT2D eigenvalue weighted by atomic mass is 16.4. The van der Waals surface area contributed by atoms with Gasteiger partial charge in [0.2, 0.25) is 11.7 Å². The zero-order valence-electron chi connectivity index (χ0n) is 13.7. The van der Waals surface area contributed by atoms with Gasteiger partial charge in [-0.05, 0) is 29.5 Å². The lowest BCUT2D eigenvalue weighted by atomic mass is 10.1. The highest BCUT2D eigenvalue weighted by Crippen LogP contribution is 2.27. The molecular formula is C18H11N7O2. The lowest BCUT2D eigenvalue weighted by Crippen LogP contribution is -2.03. The number of allylic oxidation sites excluding steroid dienone is 1. The molecule has 0 fully saturated rings. The van der Waals surface area contributed by atoms with E-state index in [1.54, 1.807) is 48.5 Å². The first kappa shape index (κ1) is 16.2. The van der Waals surface area contributed by atoms with E-state index < -0.39 is 5.63 Å². The van der Waals surface area contributed by atoms with Gasteiger partial charge in [0.25, 0.3) is 0 Å². The minimum atomic E-state index is -0.467. The average Bonchev–Trinajstić information content (AvgIpc) is 3.23. The quantitative estimate of drug-likeness (QED) is 0.532. The molecule has 0 aliphatic rings. The van der Waals surface area contributed by atoms with Crippen LogP contribution in [0.25, 0.3) is 27.9 Å². The fourth-order valence-corrected chi connectivity index (χ4v) is 2.50. The summed E-state index contributed by atoms with van der Waals surface area (Å²) in [5.74, 6) is 0.339. The van der Waals surface area contributed by atoms with Crippen molar-refractivity contribution in [3.05, 3.63) is 71.0 Å². The second-order valence-corrected chi connectivity index (χ2v) is 5.42. The fourth-order valence-electron chi connectivity index (χ4n) is 2.50. The molecule has 0 bridgehead atoms. The predicted molar refractivity (Wildman–Crippen MR) is 97.1 cm³/mol. The molecule has 9 nitrogen and oxygen atoms in total. The number of fused-ring (bicyclic) bond motifs is 1. The number of nitrogens with zero attached hydrogens (tertiary/aromatic N) is 5. The molecule has 0 aliphatic carbocycles. The molecule has 0 atom stereocenters. The number of hydrogen-bond donors (Lipinski definition) is 2. The molecule has 0 spiro atoms. The molecule has 2 N–H and O–H groups in total. The van der Waals surface area contributed by atoms with E-state index in [0.29, 0.717) is 22.2 Å². The van der Waals surface area contributed by atoms with E-state index in [-0.39, 0.29) is 17.3 Å². The van der Waals surface area contributed by atoms with Crippen LogP contribution in [0.1, 0.15) is 5.82 Å². The van der Waals surface area contributed by atoms with Crippen LogP contribution in [-0.2, 0) is 0 Å². The molecule has 27 heavy (non-hydrogen) atoms. The van der Waals surface area contributed by atoms with Gasteiger partial charge in [-0.25, -0.2) is 9.78 Å². The van der Waals surface area contributed by atoms with Gasteiger partial charge in [-0.15, -0.1) is 10.2 Å². The van der Waals surface area contributed by atoms with Gasteiger partial charge in [0.15, 0.2) is 0 Å². The van der Waals surface area contributed by atoms with Crippen LogP contribution >= 0.6 is 0 Å². The Labute approximate surface area is 152 Å². The third-order valence-corrected chi connectivity index (χ3v) is 3.77. The van der Waals surface area contributed by atoms with Crippen LogP contribution in [0.3, 0.4) is 0 Å². The number of anilines is 1. The van der Waals surface area contributed by atoms with Crippen LogP contribution in [0.5, 0.6) is 0 Å². The summed E-state index contributed by atoms with van der Waals surface area (Å²) in [5.41, 5.74) is 1.43. The zero-order valence-corrected chi connectivity index (χ0v) is 13.7. The number of rotatable bonds is 4. The molecule has 0 radical (unpaired) electrons. The SMILES string of the molecule is N#CC(=CNc1ccccc1-c1nc2ccccc2c(=O)o1)c1nn[nH]n1. The summed E-state index contributed by atoms with van der Waals surface area (Å²) < 4.78 is 5.39. The number of para-hydroxylation sites is 2. The van der Waals surface area contributed by atoms with E-state index in [4.69, 9.17) is 4.42 Å². The van der Waals surface area contributed by atoms with Crippen molar-refractivity contribution in [3.8, 4) is 17.5 Å². The van der Waals surface area contributed by atoms with Crippen LogP contribution in [0.4, 0.5) is 5.69 Å². The first-order valence-electron chi connectivity index (χ1n) is 7.86. The third-order valence-electron chi connectivity index (χ3n) is 3.77. The van der Waals surface area contributed by atoms with E-state index in [1.807, 2.05) is 6.07 Å². The predicted octanol–water partition coefficient (Wildman–Crippen LogP) is 2.34. The number of nitrogens with one attached hydrogen (secondary N) is 2. The second-order valence-electron chi connectivity index (χ2n) is 5.42. The van der Waals surface area contributed by atoms with E-state index >= 15 is 0 Å². The molecule has 2 aromatic carbocycles. The van der Waals surface area contributed by atoms with Crippen LogP contribution in [0.15, 0.2) is 63.9 Å². The van der Waals surface area contributed by atoms with E-state index in [1.165, 1.54) is 6.20 Å². The number of tetrazole rings is 1. The van der Waals surface area contributed by atoms with E-state index in [0.717, 1.165) is 0 Å². The molecule has 2 heterocycles.